The van der Waals surface area contributed by atoms with E-state index in [0.29, 0.717) is 30.8 Å². The molecule has 2 aromatic rings. The summed E-state index contributed by atoms with van der Waals surface area (Å²) in [7, 11) is 0. The smallest absolute Gasteiger partial charge is 0.410 e. The third-order valence-electron chi connectivity index (χ3n) is 6.84. The minimum atomic E-state index is -0.906. The first-order valence-electron chi connectivity index (χ1n) is 14.2. The highest BCUT2D eigenvalue weighted by atomic mass is 19.1. The maximum Gasteiger partial charge on any atom is 0.410 e. The summed E-state index contributed by atoms with van der Waals surface area (Å²) in [5.74, 6) is -2.51. The second kappa shape index (κ2) is 12.7. The summed E-state index contributed by atoms with van der Waals surface area (Å²) in [5, 5.41) is 3.00. The molecule has 1 fully saturated rings. The lowest BCUT2D eigenvalue weighted by molar-refractivity contribution is -0.119. The number of carbonyl (C=O) groups excluding carboxylic acids is 2. The van der Waals surface area contributed by atoms with E-state index in [1.165, 1.54) is 6.07 Å². The lowest BCUT2D eigenvalue weighted by atomic mass is 10.1. The fourth-order valence-electron chi connectivity index (χ4n) is 5.11. The molecule has 1 N–H and O–H groups in total. The molecule has 0 saturated carbocycles. The third-order valence-corrected chi connectivity index (χ3v) is 6.84. The van der Waals surface area contributed by atoms with Gasteiger partial charge in [-0.3, -0.25) is 4.79 Å². The first-order valence-corrected chi connectivity index (χ1v) is 14.2. The summed E-state index contributed by atoms with van der Waals surface area (Å²) in [6, 6.07) is 12.8. The van der Waals surface area contributed by atoms with E-state index in [0.717, 1.165) is 17.7 Å². The van der Waals surface area contributed by atoms with Crippen LogP contribution < -0.4 is 10.1 Å². The number of rotatable bonds is 8. The van der Waals surface area contributed by atoms with Crippen LogP contribution in [0.4, 0.5) is 13.6 Å². The van der Waals surface area contributed by atoms with Crippen LogP contribution in [0, 0.1) is 11.6 Å². The predicted octanol–water partition coefficient (Wildman–Crippen LogP) is 5.77. The van der Waals surface area contributed by atoms with Crippen molar-refractivity contribution in [3.8, 4) is 5.75 Å². The summed E-state index contributed by atoms with van der Waals surface area (Å²) in [6.45, 7) is 12.1. The Bertz CT molecular complexity index is 1280. The van der Waals surface area contributed by atoms with Crippen molar-refractivity contribution in [1.82, 2.24) is 15.1 Å². The van der Waals surface area contributed by atoms with Gasteiger partial charge >= 0.3 is 6.09 Å². The van der Waals surface area contributed by atoms with E-state index in [4.69, 9.17) is 14.2 Å². The zero-order valence-corrected chi connectivity index (χ0v) is 25.2. The molecule has 42 heavy (non-hydrogen) atoms. The largest absolute Gasteiger partial charge is 0.464 e. The molecule has 0 spiro atoms. The molecule has 8 nitrogen and oxygen atoms in total. The molecule has 2 amide bonds. The number of halogens is 2. The van der Waals surface area contributed by atoms with Gasteiger partial charge in [0.1, 0.15) is 5.60 Å². The van der Waals surface area contributed by atoms with Crippen LogP contribution in [-0.4, -0.2) is 64.9 Å². The van der Waals surface area contributed by atoms with Crippen molar-refractivity contribution in [3.05, 3.63) is 77.0 Å². The van der Waals surface area contributed by atoms with Crippen molar-refractivity contribution in [1.29, 1.82) is 0 Å². The highest BCUT2D eigenvalue weighted by Crippen LogP contribution is 2.37. The summed E-state index contributed by atoms with van der Waals surface area (Å²) in [5.41, 5.74) is 0.746. The standard InChI is InChI=1S/C32H41F2N3O5/c1-31(2,3)35-29(38)23-17-27(41-28-24(33)13-10-14-25(28)34)37(26(23)20-40-19-21-11-8-7-9-12-21)22-15-16-36(18-22)30(39)42-32(4,5)6/h7-14,22,27H,15-20H2,1-6H3,(H,35,38)/t22-,27?/m1/s1. The maximum absolute atomic E-state index is 14.7. The Balaban J connectivity index is 1.67. The molecule has 2 heterocycles. The van der Waals surface area contributed by atoms with E-state index >= 15 is 0 Å². The first-order chi connectivity index (χ1) is 19.7. The van der Waals surface area contributed by atoms with Crippen LogP contribution in [-0.2, 0) is 20.9 Å². The molecule has 228 valence electrons. The number of carbonyl (C=O) groups is 2. The van der Waals surface area contributed by atoms with Gasteiger partial charge in [-0.1, -0.05) is 36.4 Å². The molecule has 2 atom stereocenters. The Morgan fingerprint density at radius 2 is 1.62 bits per heavy atom. The Kier molecular flexibility index (Phi) is 9.45. The summed E-state index contributed by atoms with van der Waals surface area (Å²) in [4.78, 5) is 29.9. The van der Waals surface area contributed by atoms with Crippen molar-refractivity contribution in [2.45, 2.75) is 84.4 Å². The van der Waals surface area contributed by atoms with Gasteiger partial charge in [0.05, 0.1) is 25.0 Å². The number of hydrogen-bond acceptors (Lipinski definition) is 6. The van der Waals surface area contributed by atoms with Gasteiger partial charge in [0.2, 0.25) is 5.91 Å². The zero-order chi connectivity index (χ0) is 30.7. The molecule has 0 bridgehead atoms. The minimum Gasteiger partial charge on any atom is -0.464 e. The molecule has 10 heteroatoms. The minimum absolute atomic E-state index is 0.0599. The number of nitrogens with one attached hydrogen (secondary N) is 1. The molecule has 4 rings (SSSR count). The normalized spacial score (nSPS) is 19.3. The van der Waals surface area contributed by atoms with Crippen LogP contribution in [0.15, 0.2) is 59.8 Å². The SMILES string of the molecule is CC(C)(C)NC(=O)C1=C(COCc2ccccc2)N([C@@H]2CCN(C(=O)OC(C)(C)C)C2)C(Oc2c(F)cccc2F)C1. The Morgan fingerprint density at radius 1 is 0.952 bits per heavy atom. The Hall–Kier alpha value is -3.66. The fourth-order valence-corrected chi connectivity index (χ4v) is 5.11. The van der Waals surface area contributed by atoms with Crippen LogP contribution in [0.2, 0.25) is 0 Å². The number of amides is 2. The Morgan fingerprint density at radius 3 is 2.24 bits per heavy atom. The molecular formula is C32H41F2N3O5. The van der Waals surface area contributed by atoms with E-state index in [-0.39, 0.29) is 31.5 Å². The average molecular weight is 586 g/mol. The highest BCUT2D eigenvalue weighted by Gasteiger charge is 2.44. The van der Waals surface area contributed by atoms with Crippen molar-refractivity contribution in [2.75, 3.05) is 19.7 Å². The lowest BCUT2D eigenvalue weighted by Gasteiger charge is -2.35. The van der Waals surface area contributed by atoms with E-state index in [1.54, 1.807) is 25.7 Å². The third kappa shape index (κ3) is 8.00. The molecule has 1 saturated heterocycles. The summed E-state index contributed by atoms with van der Waals surface area (Å²) < 4.78 is 47.1. The van der Waals surface area contributed by atoms with Gasteiger partial charge in [0, 0.05) is 30.6 Å². The predicted molar refractivity (Wildman–Crippen MR) is 154 cm³/mol. The van der Waals surface area contributed by atoms with Crippen LogP contribution in [0.1, 0.15) is 59.9 Å². The monoisotopic (exact) mass is 585 g/mol. The second-order valence-electron chi connectivity index (χ2n) is 12.7. The molecule has 0 aliphatic carbocycles. The van der Waals surface area contributed by atoms with Crippen molar-refractivity contribution in [2.24, 2.45) is 0 Å². The number of para-hydroxylation sites is 1. The fraction of sp³-hybridized carbons (Fsp3) is 0.500. The maximum atomic E-state index is 14.7. The first kappa shape index (κ1) is 31.3. The number of hydrogen-bond donors (Lipinski definition) is 1. The van der Waals surface area contributed by atoms with Gasteiger partial charge in [0.15, 0.2) is 23.6 Å². The number of ether oxygens (including phenoxy) is 3. The van der Waals surface area contributed by atoms with E-state index in [2.05, 4.69) is 5.32 Å². The van der Waals surface area contributed by atoms with Crippen molar-refractivity contribution < 1.29 is 32.6 Å². The summed E-state index contributed by atoms with van der Waals surface area (Å²) in [6.07, 6.45) is -0.743. The number of benzene rings is 2. The molecule has 0 aromatic heterocycles. The molecule has 0 radical (unpaired) electrons. The van der Waals surface area contributed by atoms with Gasteiger partial charge in [0.25, 0.3) is 0 Å². The quantitative estimate of drug-likeness (QED) is 0.424. The van der Waals surface area contributed by atoms with Crippen molar-refractivity contribution in [3.63, 3.8) is 0 Å². The van der Waals surface area contributed by atoms with Crippen molar-refractivity contribution >= 4 is 12.0 Å². The molecule has 2 aromatic carbocycles. The number of nitrogens with zero attached hydrogens (tertiary/aromatic N) is 2. The van der Waals surface area contributed by atoms with E-state index in [9.17, 15) is 18.4 Å². The topological polar surface area (TPSA) is 80.3 Å². The van der Waals surface area contributed by atoms with E-state index < -0.39 is 40.8 Å². The summed E-state index contributed by atoms with van der Waals surface area (Å²) >= 11 is 0. The lowest BCUT2D eigenvalue weighted by Crippen LogP contribution is -2.45. The van der Waals surface area contributed by atoms with Gasteiger partial charge in [-0.25, -0.2) is 13.6 Å². The van der Waals surface area contributed by atoms with Crippen LogP contribution >= 0.6 is 0 Å². The van der Waals surface area contributed by atoms with Crippen LogP contribution in [0.25, 0.3) is 0 Å². The van der Waals surface area contributed by atoms with Gasteiger partial charge in [-0.15, -0.1) is 0 Å². The van der Waals surface area contributed by atoms with Crippen LogP contribution in [0.5, 0.6) is 5.75 Å². The van der Waals surface area contributed by atoms with Gasteiger partial charge in [-0.05, 0) is 65.7 Å². The van der Waals surface area contributed by atoms with Crippen LogP contribution in [0.3, 0.4) is 0 Å². The molecule has 2 aliphatic rings. The molecular weight excluding hydrogens is 544 g/mol. The Labute approximate surface area is 246 Å². The van der Waals surface area contributed by atoms with Gasteiger partial charge in [-0.2, -0.15) is 0 Å². The molecule has 2 aliphatic heterocycles. The average Bonchev–Trinajstić information content (AvgIpc) is 3.50. The second-order valence-corrected chi connectivity index (χ2v) is 12.7. The van der Waals surface area contributed by atoms with E-state index in [1.807, 2.05) is 56.0 Å². The number of likely N-dealkylation sites (tertiary alicyclic amines) is 1. The highest BCUT2D eigenvalue weighted by molar-refractivity contribution is 5.95. The van der Waals surface area contributed by atoms with Gasteiger partial charge < -0.3 is 29.3 Å². The molecule has 1 unspecified atom stereocenters. The zero-order valence-electron chi connectivity index (χ0n) is 25.2.